The van der Waals surface area contributed by atoms with E-state index in [0.29, 0.717) is 17.0 Å². The zero-order valence-electron chi connectivity index (χ0n) is 17.1. The molecule has 2 rings (SSSR count). The number of carbonyl (C=O) groups excluding carboxylic acids is 2. The zero-order valence-corrected chi connectivity index (χ0v) is 17.1. The number of anilines is 1. The average molecular weight is 410 g/mol. The van der Waals surface area contributed by atoms with Crippen LogP contribution in [0.1, 0.15) is 18.1 Å². The lowest BCUT2D eigenvalue weighted by Gasteiger charge is -2.11. The molecule has 0 bridgehead atoms. The van der Waals surface area contributed by atoms with Crippen LogP contribution in [0.25, 0.3) is 6.08 Å². The molecule has 0 saturated carbocycles. The molecule has 1 amide bonds. The molecule has 0 unspecified atom stereocenters. The lowest BCUT2D eigenvalue weighted by molar-refractivity contribution is -0.112. The molecule has 0 atom stereocenters. The van der Waals surface area contributed by atoms with Crippen LogP contribution in [-0.2, 0) is 9.53 Å². The van der Waals surface area contributed by atoms with Gasteiger partial charge >= 0.3 is 6.16 Å². The first-order chi connectivity index (χ1) is 14.4. The van der Waals surface area contributed by atoms with Crippen LogP contribution in [0.15, 0.2) is 42.0 Å². The number of rotatable bonds is 7. The van der Waals surface area contributed by atoms with Crippen molar-refractivity contribution in [3.8, 4) is 23.3 Å². The molecule has 2 aromatic carbocycles. The average Bonchev–Trinajstić information content (AvgIpc) is 2.73. The van der Waals surface area contributed by atoms with E-state index >= 15 is 0 Å². The molecule has 1 N–H and O–H groups in total. The van der Waals surface area contributed by atoms with Gasteiger partial charge in [-0.15, -0.1) is 0 Å². The number of benzene rings is 2. The van der Waals surface area contributed by atoms with Crippen LogP contribution in [-0.4, -0.2) is 32.9 Å². The summed E-state index contributed by atoms with van der Waals surface area (Å²) >= 11 is 0. The molecule has 0 aliphatic heterocycles. The second-order valence-corrected chi connectivity index (χ2v) is 6.02. The lowest BCUT2D eigenvalue weighted by Crippen LogP contribution is -2.14. The van der Waals surface area contributed by atoms with Crippen LogP contribution in [0.5, 0.6) is 17.2 Å². The van der Waals surface area contributed by atoms with Crippen LogP contribution in [0.3, 0.4) is 0 Å². The number of nitrogens with one attached hydrogen (secondary N) is 1. The van der Waals surface area contributed by atoms with E-state index in [4.69, 9.17) is 18.9 Å². The van der Waals surface area contributed by atoms with Crippen molar-refractivity contribution in [1.29, 1.82) is 5.26 Å². The Morgan fingerprint density at radius 1 is 1.07 bits per heavy atom. The molecule has 0 heterocycles. The van der Waals surface area contributed by atoms with Gasteiger partial charge in [0.15, 0.2) is 11.5 Å². The molecule has 0 aromatic heterocycles. The number of carbonyl (C=O) groups is 2. The van der Waals surface area contributed by atoms with Gasteiger partial charge in [0, 0.05) is 0 Å². The number of methoxy groups -OCH3 is 2. The summed E-state index contributed by atoms with van der Waals surface area (Å²) in [7, 11) is 2.90. The summed E-state index contributed by atoms with van der Waals surface area (Å²) in [5.41, 5.74) is 1.76. The molecule has 0 spiro atoms. The first-order valence-electron chi connectivity index (χ1n) is 9.02. The van der Waals surface area contributed by atoms with E-state index in [1.165, 1.54) is 32.4 Å². The predicted octanol–water partition coefficient (Wildman–Crippen LogP) is 4.09. The highest BCUT2D eigenvalue weighted by molar-refractivity contribution is 6.10. The topological polar surface area (TPSA) is 107 Å². The largest absolute Gasteiger partial charge is 0.513 e. The number of hydrogen-bond donors (Lipinski definition) is 1. The van der Waals surface area contributed by atoms with Gasteiger partial charge in [-0.2, -0.15) is 5.26 Å². The van der Waals surface area contributed by atoms with E-state index in [9.17, 15) is 14.9 Å². The third-order valence-electron chi connectivity index (χ3n) is 3.92. The molecule has 156 valence electrons. The SMILES string of the molecule is CCOC(=O)Oc1ccc(/C=C(\C#N)C(=O)Nc2cc(C)ccc2OC)cc1OC. The van der Waals surface area contributed by atoms with Gasteiger partial charge in [-0.05, 0) is 55.3 Å². The Bertz CT molecular complexity index is 1010. The monoisotopic (exact) mass is 410 g/mol. The minimum Gasteiger partial charge on any atom is -0.495 e. The second-order valence-electron chi connectivity index (χ2n) is 6.02. The van der Waals surface area contributed by atoms with Gasteiger partial charge < -0.3 is 24.3 Å². The van der Waals surface area contributed by atoms with Crippen LogP contribution in [0, 0.1) is 18.3 Å². The van der Waals surface area contributed by atoms with E-state index in [0.717, 1.165) is 5.56 Å². The van der Waals surface area contributed by atoms with E-state index in [1.54, 1.807) is 25.1 Å². The normalized spacial score (nSPS) is 10.6. The minimum atomic E-state index is -0.858. The van der Waals surface area contributed by atoms with E-state index in [-0.39, 0.29) is 23.7 Å². The summed E-state index contributed by atoms with van der Waals surface area (Å²) < 4.78 is 20.3. The summed E-state index contributed by atoms with van der Waals surface area (Å²) in [5.74, 6) is 0.288. The predicted molar refractivity (Wildman–Crippen MR) is 111 cm³/mol. The molecule has 2 aromatic rings. The number of amides is 1. The first kappa shape index (κ1) is 22.3. The molecule has 0 radical (unpaired) electrons. The van der Waals surface area contributed by atoms with E-state index < -0.39 is 12.1 Å². The molecule has 0 aliphatic rings. The summed E-state index contributed by atoms with van der Waals surface area (Å²) in [6.07, 6.45) is 0.539. The zero-order chi connectivity index (χ0) is 22.1. The Labute approximate surface area is 174 Å². The summed E-state index contributed by atoms with van der Waals surface area (Å²) in [6, 6.07) is 11.8. The van der Waals surface area contributed by atoms with Crippen molar-refractivity contribution in [1.82, 2.24) is 0 Å². The Kier molecular flexibility index (Phi) is 7.82. The van der Waals surface area contributed by atoms with Gasteiger partial charge in [0.1, 0.15) is 17.4 Å². The maximum absolute atomic E-state index is 12.6. The number of hydrogen-bond acceptors (Lipinski definition) is 7. The third-order valence-corrected chi connectivity index (χ3v) is 3.92. The highest BCUT2D eigenvalue weighted by Gasteiger charge is 2.15. The van der Waals surface area contributed by atoms with Crippen molar-refractivity contribution in [2.24, 2.45) is 0 Å². The van der Waals surface area contributed by atoms with Crippen LogP contribution in [0.2, 0.25) is 0 Å². The van der Waals surface area contributed by atoms with Crippen molar-refractivity contribution in [3.05, 3.63) is 53.1 Å². The highest BCUT2D eigenvalue weighted by Crippen LogP contribution is 2.30. The van der Waals surface area contributed by atoms with Crippen LogP contribution < -0.4 is 19.5 Å². The fourth-order valence-electron chi connectivity index (χ4n) is 2.52. The number of ether oxygens (including phenoxy) is 4. The van der Waals surface area contributed by atoms with Gasteiger partial charge in [-0.25, -0.2) is 4.79 Å². The summed E-state index contributed by atoms with van der Waals surface area (Å²) in [6.45, 7) is 3.71. The molecular weight excluding hydrogens is 388 g/mol. The van der Waals surface area contributed by atoms with Crippen molar-refractivity contribution < 1.29 is 28.5 Å². The Morgan fingerprint density at radius 2 is 1.77 bits per heavy atom. The van der Waals surface area contributed by atoms with E-state index in [2.05, 4.69) is 5.32 Å². The fourth-order valence-corrected chi connectivity index (χ4v) is 2.52. The molecule has 0 saturated heterocycles. The van der Waals surface area contributed by atoms with Crippen molar-refractivity contribution in [2.45, 2.75) is 13.8 Å². The van der Waals surface area contributed by atoms with E-state index in [1.807, 2.05) is 19.1 Å². The van der Waals surface area contributed by atoms with Gasteiger partial charge in [0.25, 0.3) is 5.91 Å². The quantitative estimate of drug-likeness (QED) is 0.317. The smallest absolute Gasteiger partial charge is 0.495 e. The Hall–Kier alpha value is -3.99. The number of nitrogens with zero attached hydrogens (tertiary/aromatic N) is 1. The highest BCUT2D eigenvalue weighted by atomic mass is 16.7. The second kappa shape index (κ2) is 10.5. The van der Waals surface area contributed by atoms with Gasteiger partial charge in [-0.3, -0.25) is 4.79 Å². The summed E-state index contributed by atoms with van der Waals surface area (Å²) in [4.78, 5) is 24.1. The molecular formula is C22H22N2O6. The molecule has 8 heteroatoms. The van der Waals surface area contributed by atoms with Crippen molar-refractivity contribution in [2.75, 3.05) is 26.1 Å². The number of aryl methyl sites for hydroxylation is 1. The van der Waals surface area contributed by atoms with Crippen molar-refractivity contribution >= 4 is 23.8 Å². The maximum Gasteiger partial charge on any atom is 0.513 e. The fraction of sp³-hybridized carbons (Fsp3) is 0.227. The summed E-state index contributed by atoms with van der Waals surface area (Å²) in [5, 5.41) is 12.1. The Morgan fingerprint density at radius 3 is 2.40 bits per heavy atom. The van der Waals surface area contributed by atoms with Gasteiger partial charge in [0.2, 0.25) is 0 Å². The molecule has 8 nitrogen and oxygen atoms in total. The molecule has 30 heavy (non-hydrogen) atoms. The maximum atomic E-state index is 12.6. The van der Waals surface area contributed by atoms with Crippen molar-refractivity contribution in [3.63, 3.8) is 0 Å². The standard InChI is InChI=1S/C22H22N2O6/c1-5-29-22(26)30-19-9-7-15(12-20(19)28-4)11-16(13-23)21(25)24-17-10-14(2)6-8-18(17)27-3/h6-12H,5H2,1-4H3,(H,24,25)/b16-11+. The lowest BCUT2D eigenvalue weighted by atomic mass is 10.1. The first-order valence-corrected chi connectivity index (χ1v) is 9.02. The third kappa shape index (κ3) is 5.75. The Balaban J connectivity index is 2.27. The van der Waals surface area contributed by atoms with Crippen LogP contribution >= 0.6 is 0 Å². The molecule has 0 fully saturated rings. The molecule has 0 aliphatic carbocycles. The van der Waals surface area contributed by atoms with Crippen LogP contribution in [0.4, 0.5) is 10.5 Å². The van der Waals surface area contributed by atoms with Gasteiger partial charge in [-0.1, -0.05) is 12.1 Å². The van der Waals surface area contributed by atoms with Gasteiger partial charge in [0.05, 0.1) is 26.5 Å². The number of nitriles is 1. The minimum absolute atomic E-state index is 0.125.